The van der Waals surface area contributed by atoms with Gasteiger partial charge in [0.05, 0.1) is 10.7 Å². The first kappa shape index (κ1) is 13.9. The fraction of sp³-hybridized carbons (Fsp3) is 0.118. The van der Waals surface area contributed by atoms with Gasteiger partial charge in [-0.25, -0.2) is 9.37 Å². The number of aromatic nitrogens is 1. The Morgan fingerprint density at radius 3 is 2.52 bits per heavy atom. The highest BCUT2D eigenvalue weighted by molar-refractivity contribution is 7.10. The molecule has 1 heterocycles. The van der Waals surface area contributed by atoms with Crippen molar-refractivity contribution in [3.63, 3.8) is 0 Å². The summed E-state index contributed by atoms with van der Waals surface area (Å²) in [5.41, 5.74) is 9.35. The molecule has 0 amide bonds. The molecule has 0 spiro atoms. The molecule has 21 heavy (non-hydrogen) atoms. The molecule has 0 fully saturated rings. The third kappa shape index (κ3) is 3.17. The van der Waals surface area contributed by atoms with E-state index in [4.69, 9.17) is 5.73 Å². The SMILES string of the molecule is NCc1ccc(-c2csc(Cc3ccccc3F)n2)cc1. The van der Waals surface area contributed by atoms with Crippen molar-refractivity contribution in [1.29, 1.82) is 0 Å². The lowest BCUT2D eigenvalue weighted by Gasteiger charge is -2.00. The van der Waals surface area contributed by atoms with Gasteiger partial charge in [0.25, 0.3) is 0 Å². The van der Waals surface area contributed by atoms with Crippen LogP contribution in [-0.4, -0.2) is 4.98 Å². The lowest BCUT2D eigenvalue weighted by molar-refractivity contribution is 0.614. The van der Waals surface area contributed by atoms with Crippen LogP contribution in [0.4, 0.5) is 4.39 Å². The molecule has 2 N–H and O–H groups in total. The normalized spacial score (nSPS) is 10.8. The van der Waals surface area contributed by atoms with E-state index in [1.807, 2.05) is 35.7 Å². The smallest absolute Gasteiger partial charge is 0.126 e. The number of nitrogens with zero attached hydrogens (tertiary/aromatic N) is 1. The second kappa shape index (κ2) is 6.16. The summed E-state index contributed by atoms with van der Waals surface area (Å²) in [7, 11) is 0. The van der Waals surface area contributed by atoms with Gasteiger partial charge in [-0.2, -0.15) is 0 Å². The molecule has 0 atom stereocenters. The van der Waals surface area contributed by atoms with Crippen LogP contribution >= 0.6 is 11.3 Å². The Morgan fingerprint density at radius 2 is 1.81 bits per heavy atom. The second-order valence-corrected chi connectivity index (χ2v) is 5.74. The Balaban J connectivity index is 1.81. The number of nitrogens with two attached hydrogens (primary N) is 1. The van der Waals surface area contributed by atoms with Crippen LogP contribution in [0.3, 0.4) is 0 Å². The van der Waals surface area contributed by atoms with Crippen molar-refractivity contribution >= 4 is 11.3 Å². The summed E-state index contributed by atoms with van der Waals surface area (Å²) in [5, 5.41) is 2.92. The van der Waals surface area contributed by atoms with Crippen LogP contribution in [0.15, 0.2) is 53.9 Å². The maximum absolute atomic E-state index is 13.7. The molecule has 0 aliphatic rings. The summed E-state index contributed by atoms with van der Waals surface area (Å²) in [6.07, 6.45) is 0.526. The Bertz CT molecular complexity index is 735. The van der Waals surface area contributed by atoms with E-state index in [1.54, 1.807) is 23.5 Å². The molecule has 0 saturated carbocycles. The zero-order valence-corrected chi connectivity index (χ0v) is 12.2. The molecule has 1 aromatic heterocycles. The lowest BCUT2D eigenvalue weighted by atomic mass is 10.1. The van der Waals surface area contributed by atoms with Crippen LogP contribution in [0, 0.1) is 5.82 Å². The quantitative estimate of drug-likeness (QED) is 0.790. The van der Waals surface area contributed by atoms with Gasteiger partial charge in [0.15, 0.2) is 0 Å². The van der Waals surface area contributed by atoms with E-state index < -0.39 is 0 Å². The van der Waals surface area contributed by atoms with Gasteiger partial charge < -0.3 is 5.73 Å². The number of halogens is 1. The molecule has 3 aromatic rings. The highest BCUT2D eigenvalue weighted by Gasteiger charge is 2.08. The third-order valence-corrected chi connectivity index (χ3v) is 4.19. The fourth-order valence-electron chi connectivity index (χ4n) is 2.14. The van der Waals surface area contributed by atoms with Gasteiger partial charge in [-0.3, -0.25) is 0 Å². The molecule has 0 unspecified atom stereocenters. The first-order chi connectivity index (χ1) is 10.3. The zero-order valence-electron chi connectivity index (χ0n) is 11.4. The molecular weight excluding hydrogens is 283 g/mol. The number of thiazole rings is 1. The van der Waals surface area contributed by atoms with Gasteiger partial charge in [0.1, 0.15) is 5.82 Å². The monoisotopic (exact) mass is 298 g/mol. The lowest BCUT2D eigenvalue weighted by Crippen LogP contribution is -1.95. The van der Waals surface area contributed by atoms with Crippen LogP contribution in [0.2, 0.25) is 0 Å². The molecule has 106 valence electrons. The molecule has 4 heteroatoms. The van der Waals surface area contributed by atoms with Crippen molar-refractivity contribution in [2.75, 3.05) is 0 Å². The van der Waals surface area contributed by atoms with Crippen molar-refractivity contribution < 1.29 is 4.39 Å². The molecular formula is C17H15FN2S. The van der Waals surface area contributed by atoms with E-state index in [0.717, 1.165) is 21.8 Å². The predicted molar refractivity (Wildman–Crippen MR) is 84.6 cm³/mol. The summed E-state index contributed by atoms with van der Waals surface area (Å²) in [6.45, 7) is 0.538. The van der Waals surface area contributed by atoms with E-state index in [1.165, 1.54) is 6.07 Å². The van der Waals surface area contributed by atoms with E-state index in [0.29, 0.717) is 18.5 Å². The van der Waals surface area contributed by atoms with E-state index in [9.17, 15) is 4.39 Å². The van der Waals surface area contributed by atoms with Crippen LogP contribution in [0.5, 0.6) is 0 Å². The standard InChI is InChI=1S/C17H15FN2S/c18-15-4-2-1-3-14(15)9-17-20-16(11-21-17)13-7-5-12(10-19)6-8-13/h1-8,11H,9-10,19H2. The molecule has 2 nitrogen and oxygen atoms in total. The maximum Gasteiger partial charge on any atom is 0.126 e. The second-order valence-electron chi connectivity index (χ2n) is 4.80. The van der Waals surface area contributed by atoms with E-state index in [2.05, 4.69) is 4.98 Å². The molecule has 3 rings (SSSR count). The van der Waals surface area contributed by atoms with E-state index >= 15 is 0 Å². The molecule has 0 aliphatic heterocycles. The maximum atomic E-state index is 13.7. The summed E-state index contributed by atoms with van der Waals surface area (Å²) < 4.78 is 13.7. The summed E-state index contributed by atoms with van der Waals surface area (Å²) in [6, 6.07) is 14.9. The topological polar surface area (TPSA) is 38.9 Å². The number of benzene rings is 2. The number of hydrogen-bond acceptors (Lipinski definition) is 3. The zero-order chi connectivity index (χ0) is 14.7. The van der Waals surface area contributed by atoms with Crippen LogP contribution in [0.1, 0.15) is 16.1 Å². The summed E-state index contributed by atoms with van der Waals surface area (Å²) in [5.74, 6) is -0.179. The third-order valence-electron chi connectivity index (χ3n) is 3.34. The summed E-state index contributed by atoms with van der Waals surface area (Å²) >= 11 is 1.56. The van der Waals surface area contributed by atoms with Gasteiger partial charge in [0.2, 0.25) is 0 Å². The first-order valence-electron chi connectivity index (χ1n) is 6.73. The van der Waals surface area contributed by atoms with Crippen LogP contribution in [0.25, 0.3) is 11.3 Å². The van der Waals surface area contributed by atoms with Crippen LogP contribution in [-0.2, 0) is 13.0 Å². The first-order valence-corrected chi connectivity index (χ1v) is 7.61. The fourth-order valence-corrected chi connectivity index (χ4v) is 2.97. The van der Waals surface area contributed by atoms with Crippen molar-refractivity contribution in [2.24, 2.45) is 5.73 Å². The number of rotatable bonds is 4. The van der Waals surface area contributed by atoms with Crippen molar-refractivity contribution in [3.05, 3.63) is 75.9 Å². The van der Waals surface area contributed by atoms with Crippen LogP contribution < -0.4 is 5.73 Å². The van der Waals surface area contributed by atoms with Crippen molar-refractivity contribution in [2.45, 2.75) is 13.0 Å². The van der Waals surface area contributed by atoms with Gasteiger partial charge in [0, 0.05) is 23.9 Å². The predicted octanol–water partition coefficient (Wildman–Crippen LogP) is 4.00. The minimum Gasteiger partial charge on any atom is -0.326 e. The number of hydrogen-bond donors (Lipinski definition) is 1. The minimum atomic E-state index is -0.179. The van der Waals surface area contributed by atoms with Gasteiger partial charge in [-0.1, -0.05) is 42.5 Å². The van der Waals surface area contributed by atoms with Crippen molar-refractivity contribution in [3.8, 4) is 11.3 Å². The summed E-state index contributed by atoms with van der Waals surface area (Å²) in [4.78, 5) is 4.59. The highest BCUT2D eigenvalue weighted by Crippen LogP contribution is 2.24. The Morgan fingerprint density at radius 1 is 1.05 bits per heavy atom. The average Bonchev–Trinajstić information content (AvgIpc) is 2.98. The van der Waals surface area contributed by atoms with E-state index in [-0.39, 0.29) is 5.82 Å². The molecule has 0 radical (unpaired) electrons. The minimum absolute atomic E-state index is 0.179. The molecule has 0 aliphatic carbocycles. The van der Waals surface area contributed by atoms with Gasteiger partial charge >= 0.3 is 0 Å². The Kier molecular flexibility index (Phi) is 4.08. The highest BCUT2D eigenvalue weighted by atomic mass is 32.1. The van der Waals surface area contributed by atoms with Gasteiger partial charge in [-0.05, 0) is 17.2 Å². The van der Waals surface area contributed by atoms with Gasteiger partial charge in [-0.15, -0.1) is 11.3 Å². The molecule has 0 bridgehead atoms. The molecule has 2 aromatic carbocycles. The Hall–Kier alpha value is -2.04. The Labute approximate surface area is 127 Å². The largest absolute Gasteiger partial charge is 0.326 e. The molecule has 0 saturated heterocycles. The van der Waals surface area contributed by atoms with Crippen molar-refractivity contribution in [1.82, 2.24) is 4.98 Å². The average molecular weight is 298 g/mol.